The molecule has 0 radical (unpaired) electrons. The molecule has 0 aromatic carbocycles. The number of hydrogen-bond donors (Lipinski definition) is 0. The van der Waals surface area contributed by atoms with Crippen LogP contribution in [0.3, 0.4) is 0 Å². The number of rotatable bonds is 4. The van der Waals surface area contributed by atoms with Gasteiger partial charge in [-0.25, -0.2) is 0 Å². The Morgan fingerprint density at radius 2 is 2.14 bits per heavy atom. The summed E-state index contributed by atoms with van der Waals surface area (Å²) < 4.78 is 0. The summed E-state index contributed by atoms with van der Waals surface area (Å²) in [6.45, 7) is 4.15. The van der Waals surface area contributed by atoms with Gasteiger partial charge < -0.3 is 4.90 Å². The zero-order chi connectivity index (χ0) is 14.9. The molecule has 5 heteroatoms. The number of carbonyl (C=O) groups is 1. The molecule has 1 saturated heterocycles. The molecule has 3 aliphatic rings. The van der Waals surface area contributed by atoms with Crippen LogP contribution in [-0.2, 0) is 17.8 Å². The van der Waals surface area contributed by atoms with E-state index >= 15 is 0 Å². The highest BCUT2D eigenvalue weighted by molar-refractivity contribution is 8.00. The Hall–Kier alpha value is -0.520. The van der Waals surface area contributed by atoms with Crippen molar-refractivity contribution in [3.8, 4) is 0 Å². The van der Waals surface area contributed by atoms with Gasteiger partial charge in [-0.3, -0.25) is 9.69 Å². The molecule has 1 amide bonds. The Bertz CT molecular complexity index is 533. The van der Waals surface area contributed by atoms with Crippen molar-refractivity contribution < 1.29 is 4.79 Å². The SMILES string of the molecule is O=C(CSC1CCCC1)N1CC(N2CCc3sccc3C2)C1. The minimum absolute atomic E-state index is 0.362. The summed E-state index contributed by atoms with van der Waals surface area (Å²) in [6.07, 6.45) is 6.54. The normalized spacial score (nSPS) is 23.5. The van der Waals surface area contributed by atoms with Crippen molar-refractivity contribution in [3.63, 3.8) is 0 Å². The van der Waals surface area contributed by atoms with Crippen molar-refractivity contribution in [2.75, 3.05) is 25.4 Å². The minimum Gasteiger partial charge on any atom is -0.339 e. The number of carbonyl (C=O) groups excluding carboxylic acids is 1. The molecule has 4 rings (SSSR count). The van der Waals surface area contributed by atoms with Gasteiger partial charge in [0.25, 0.3) is 0 Å². The van der Waals surface area contributed by atoms with E-state index in [0.29, 0.717) is 17.7 Å². The summed E-state index contributed by atoms with van der Waals surface area (Å²) >= 11 is 3.79. The summed E-state index contributed by atoms with van der Waals surface area (Å²) in [7, 11) is 0. The van der Waals surface area contributed by atoms with Crippen LogP contribution in [0.1, 0.15) is 36.1 Å². The molecule has 0 unspecified atom stereocenters. The van der Waals surface area contributed by atoms with Crippen LogP contribution < -0.4 is 0 Å². The predicted octanol–water partition coefficient (Wildman–Crippen LogP) is 2.99. The minimum atomic E-state index is 0.362. The number of fused-ring (bicyclic) bond motifs is 1. The van der Waals surface area contributed by atoms with Crippen molar-refractivity contribution in [2.45, 2.75) is 49.9 Å². The Labute approximate surface area is 141 Å². The van der Waals surface area contributed by atoms with E-state index < -0.39 is 0 Å². The first-order valence-corrected chi connectivity index (χ1v) is 10.4. The second-order valence-corrected chi connectivity index (χ2v) is 9.05. The van der Waals surface area contributed by atoms with Gasteiger partial charge in [0.2, 0.25) is 5.91 Å². The first-order valence-electron chi connectivity index (χ1n) is 8.48. The monoisotopic (exact) mass is 336 g/mol. The van der Waals surface area contributed by atoms with Gasteiger partial charge in [-0.15, -0.1) is 23.1 Å². The lowest BCUT2D eigenvalue weighted by Gasteiger charge is -2.46. The molecule has 2 fully saturated rings. The molecule has 2 aliphatic heterocycles. The van der Waals surface area contributed by atoms with Gasteiger partial charge in [-0.05, 0) is 36.3 Å². The molecular formula is C17H24N2OS2. The van der Waals surface area contributed by atoms with Crippen LogP contribution in [0.15, 0.2) is 11.4 Å². The topological polar surface area (TPSA) is 23.6 Å². The first kappa shape index (κ1) is 15.0. The fraction of sp³-hybridized carbons (Fsp3) is 0.706. The molecule has 1 aromatic heterocycles. The van der Waals surface area contributed by atoms with Crippen molar-refractivity contribution >= 4 is 29.0 Å². The lowest BCUT2D eigenvalue weighted by atomic mass is 10.0. The van der Waals surface area contributed by atoms with Crippen molar-refractivity contribution in [2.24, 2.45) is 0 Å². The van der Waals surface area contributed by atoms with Gasteiger partial charge in [-0.2, -0.15) is 0 Å². The molecular weight excluding hydrogens is 312 g/mol. The smallest absolute Gasteiger partial charge is 0.232 e. The number of likely N-dealkylation sites (tertiary alicyclic amines) is 1. The van der Waals surface area contributed by atoms with Crippen LogP contribution in [0.25, 0.3) is 0 Å². The van der Waals surface area contributed by atoms with Gasteiger partial charge in [0.15, 0.2) is 0 Å². The Morgan fingerprint density at radius 1 is 1.32 bits per heavy atom. The first-order chi connectivity index (χ1) is 10.8. The van der Waals surface area contributed by atoms with Gasteiger partial charge in [0.05, 0.1) is 5.75 Å². The Kier molecular flexibility index (Phi) is 4.47. The number of nitrogens with zero attached hydrogens (tertiary/aromatic N) is 2. The maximum atomic E-state index is 12.3. The number of hydrogen-bond acceptors (Lipinski definition) is 4. The molecule has 0 atom stereocenters. The molecule has 0 N–H and O–H groups in total. The number of thiophene rings is 1. The lowest BCUT2D eigenvalue weighted by Crippen LogP contribution is -2.62. The Morgan fingerprint density at radius 3 is 2.95 bits per heavy atom. The standard InChI is InChI=1S/C17H24N2OS2/c20-17(12-22-15-3-1-2-4-15)19-10-14(11-19)18-7-5-16-13(9-18)6-8-21-16/h6,8,14-15H,1-5,7,9-12H2. The van der Waals surface area contributed by atoms with Crippen LogP contribution in [0, 0.1) is 0 Å². The zero-order valence-corrected chi connectivity index (χ0v) is 14.6. The van der Waals surface area contributed by atoms with E-state index in [1.807, 2.05) is 23.1 Å². The summed E-state index contributed by atoms with van der Waals surface area (Å²) in [6, 6.07) is 2.86. The highest BCUT2D eigenvalue weighted by Crippen LogP contribution is 2.31. The predicted molar refractivity (Wildman–Crippen MR) is 93.5 cm³/mol. The van der Waals surface area contributed by atoms with Crippen LogP contribution >= 0.6 is 23.1 Å². The molecule has 3 nitrogen and oxygen atoms in total. The van der Waals surface area contributed by atoms with Crippen LogP contribution in [-0.4, -0.2) is 52.4 Å². The second-order valence-electron chi connectivity index (χ2n) is 6.76. The van der Waals surface area contributed by atoms with E-state index in [-0.39, 0.29) is 0 Å². The van der Waals surface area contributed by atoms with Crippen LogP contribution in [0.2, 0.25) is 0 Å². The van der Waals surface area contributed by atoms with Gasteiger partial charge in [0, 0.05) is 42.3 Å². The van der Waals surface area contributed by atoms with Crippen molar-refractivity contribution in [1.29, 1.82) is 0 Å². The fourth-order valence-corrected chi connectivity index (χ4v) is 5.92. The van der Waals surface area contributed by atoms with E-state index in [2.05, 4.69) is 21.2 Å². The molecule has 0 bridgehead atoms. The Balaban J connectivity index is 1.21. The summed E-state index contributed by atoms with van der Waals surface area (Å²) in [4.78, 5) is 18.5. The molecule has 22 heavy (non-hydrogen) atoms. The average Bonchev–Trinajstić information content (AvgIpc) is 3.14. The summed E-state index contributed by atoms with van der Waals surface area (Å²) in [5.74, 6) is 1.06. The van der Waals surface area contributed by atoms with Gasteiger partial charge in [-0.1, -0.05) is 12.8 Å². The quantitative estimate of drug-likeness (QED) is 0.844. The van der Waals surface area contributed by atoms with E-state index in [1.54, 1.807) is 4.88 Å². The maximum absolute atomic E-state index is 12.3. The number of thioether (sulfide) groups is 1. The molecule has 1 saturated carbocycles. The largest absolute Gasteiger partial charge is 0.339 e. The third-order valence-electron chi connectivity index (χ3n) is 5.31. The van der Waals surface area contributed by atoms with Crippen LogP contribution in [0.5, 0.6) is 0 Å². The summed E-state index contributed by atoms with van der Waals surface area (Å²) in [5.41, 5.74) is 1.51. The molecule has 120 valence electrons. The molecule has 1 aliphatic carbocycles. The van der Waals surface area contributed by atoms with Gasteiger partial charge in [0.1, 0.15) is 0 Å². The van der Waals surface area contributed by atoms with Crippen LogP contribution in [0.4, 0.5) is 0 Å². The van der Waals surface area contributed by atoms with Gasteiger partial charge >= 0.3 is 0 Å². The number of amides is 1. The average molecular weight is 337 g/mol. The molecule has 0 spiro atoms. The summed E-state index contributed by atoms with van der Waals surface area (Å²) in [5, 5.41) is 2.96. The van der Waals surface area contributed by atoms with E-state index in [4.69, 9.17) is 0 Å². The van der Waals surface area contributed by atoms with E-state index in [9.17, 15) is 4.79 Å². The highest BCUT2D eigenvalue weighted by atomic mass is 32.2. The molecule has 1 aromatic rings. The van der Waals surface area contributed by atoms with E-state index in [0.717, 1.165) is 31.4 Å². The lowest BCUT2D eigenvalue weighted by molar-refractivity contribution is -0.136. The third kappa shape index (κ3) is 3.08. The van der Waals surface area contributed by atoms with Crippen molar-refractivity contribution in [3.05, 3.63) is 21.9 Å². The molecule has 3 heterocycles. The highest BCUT2D eigenvalue weighted by Gasteiger charge is 2.36. The fourth-order valence-electron chi connectivity index (χ4n) is 3.81. The maximum Gasteiger partial charge on any atom is 0.232 e. The second kappa shape index (κ2) is 6.54. The van der Waals surface area contributed by atoms with Crippen molar-refractivity contribution in [1.82, 2.24) is 9.80 Å². The zero-order valence-electron chi connectivity index (χ0n) is 13.0. The third-order valence-corrected chi connectivity index (χ3v) is 7.69. The van der Waals surface area contributed by atoms with E-state index in [1.165, 1.54) is 37.7 Å².